The molecule has 0 radical (unpaired) electrons. The molecule has 0 aliphatic rings. The Morgan fingerprint density at radius 1 is 0.0867 bits per heavy atom. The van der Waals surface area contributed by atoms with Gasteiger partial charge in [0.2, 0.25) is 0 Å². The van der Waals surface area contributed by atoms with E-state index >= 15 is 0 Å². The van der Waals surface area contributed by atoms with Crippen molar-refractivity contribution >= 4 is 97.0 Å². The van der Waals surface area contributed by atoms with Crippen LogP contribution in [0.5, 0.6) is 0 Å². The van der Waals surface area contributed by atoms with Gasteiger partial charge in [-0.1, -0.05) is 461 Å². The van der Waals surface area contributed by atoms with Gasteiger partial charge in [-0.15, -0.1) is 0 Å². The van der Waals surface area contributed by atoms with E-state index in [2.05, 4.69) is 516 Å². The van der Waals surface area contributed by atoms with Gasteiger partial charge in [-0.25, -0.2) is 44.9 Å². The zero-order valence-electron chi connectivity index (χ0n) is 81.6. The third-order valence-electron chi connectivity index (χ3n) is 28.4. The summed E-state index contributed by atoms with van der Waals surface area (Å²) in [5.41, 5.74) is 25.2. The van der Waals surface area contributed by atoms with Gasteiger partial charge in [-0.2, -0.15) is 0 Å². The molecule has 0 bridgehead atoms. The van der Waals surface area contributed by atoms with Crippen molar-refractivity contribution < 1.29 is 0 Å². The summed E-state index contributed by atoms with van der Waals surface area (Å²) in [6.07, 6.45) is 0. The highest BCUT2D eigenvalue weighted by Gasteiger charge is 2.23. The maximum atomic E-state index is 5.20. The first-order chi connectivity index (χ1) is 74.2. The van der Waals surface area contributed by atoms with Gasteiger partial charge >= 0.3 is 0 Å². The lowest BCUT2D eigenvalue weighted by Crippen LogP contribution is -2.01. The lowest BCUT2D eigenvalue weighted by atomic mass is 9.93. The fourth-order valence-corrected chi connectivity index (χ4v) is 20.5. The second kappa shape index (κ2) is 39.9. The number of benzene rings is 25. The zero-order valence-corrected chi connectivity index (χ0v) is 81.6. The van der Waals surface area contributed by atoms with Crippen LogP contribution in [-0.2, 0) is 0 Å². The Morgan fingerprint density at radius 3 is 0.453 bits per heavy atom. The minimum Gasteiger partial charge on any atom is -0.208 e. The number of rotatable bonds is 16. The molecular weight excluding hydrogens is 1820 g/mol. The molecule has 0 saturated carbocycles. The van der Waals surface area contributed by atoms with E-state index in [0.29, 0.717) is 52.4 Å². The molecule has 0 unspecified atom stereocenters. The molecule has 9 heteroatoms. The van der Waals surface area contributed by atoms with E-state index in [1.165, 1.54) is 115 Å². The highest BCUT2D eigenvalue weighted by Crippen LogP contribution is 2.43. The fraction of sp³-hybridized carbons (Fsp3) is 0. The zero-order chi connectivity index (χ0) is 99.6. The van der Waals surface area contributed by atoms with Gasteiger partial charge in [0.05, 0.1) is 0 Å². The quantitative estimate of drug-likeness (QED) is 0.0932. The Morgan fingerprint density at radius 2 is 0.233 bits per heavy atom. The molecule has 150 heavy (non-hydrogen) atoms. The van der Waals surface area contributed by atoms with E-state index in [1.807, 2.05) is 36.4 Å². The first-order valence-electron chi connectivity index (χ1n) is 50.6. The first-order valence-corrected chi connectivity index (χ1v) is 50.6. The SMILES string of the molecule is c1ccc(-c2ccc3cc(-c4nc(-c5ccc6cc(-c7ccccc7)ccc6c5)nc(-c5ccc6cc(-c7ccccc7)ccc6c5)n4)ccc3c2)cc1.c1ccc(-c2ccc3cc(-c4nc(-c5ccc6ccccc6c5)nc(-c5ccc6cc(-c7ccccc7)ccc6c5)n4)ccc3c2)cc1.c1ccc(-c2ccc3cc(-c4nc(-c5ccc6ccccc6c5)nc(-c5ccc6ccccc6c5-c5ccccc5)n4)ccc3c2)cc1. The number of hydrogen-bond acceptors (Lipinski definition) is 9. The van der Waals surface area contributed by atoms with E-state index in [0.717, 1.165) is 110 Å². The van der Waals surface area contributed by atoms with E-state index in [1.54, 1.807) is 0 Å². The van der Waals surface area contributed by atoms with E-state index in [9.17, 15) is 0 Å². The predicted octanol–water partition coefficient (Wildman–Crippen LogP) is 36.7. The Labute approximate surface area is 868 Å². The molecular formula is C141H91N9. The molecule has 0 N–H and O–H groups in total. The van der Waals surface area contributed by atoms with Crippen LogP contribution in [0.25, 0.3) is 277 Å². The third kappa shape index (κ3) is 18.7. The first kappa shape index (κ1) is 89.9. The maximum absolute atomic E-state index is 5.20. The molecule has 3 heterocycles. The van der Waals surface area contributed by atoms with E-state index in [4.69, 9.17) is 44.9 Å². The van der Waals surface area contributed by atoms with Crippen molar-refractivity contribution in [3.63, 3.8) is 0 Å². The van der Waals surface area contributed by atoms with Crippen molar-refractivity contribution in [2.45, 2.75) is 0 Å². The minimum atomic E-state index is 0.642. The van der Waals surface area contributed by atoms with Gasteiger partial charge in [0.25, 0.3) is 0 Å². The summed E-state index contributed by atoms with van der Waals surface area (Å²) in [5, 5.41) is 20.9. The van der Waals surface area contributed by atoms with Gasteiger partial charge < -0.3 is 0 Å². The van der Waals surface area contributed by atoms with Crippen molar-refractivity contribution in [3.05, 3.63) is 552 Å². The summed E-state index contributed by atoms with van der Waals surface area (Å²) < 4.78 is 0. The molecule has 0 fully saturated rings. The highest BCUT2D eigenvalue weighted by molar-refractivity contribution is 6.05. The summed E-state index contributed by atoms with van der Waals surface area (Å²) in [4.78, 5) is 46.1. The van der Waals surface area contributed by atoms with Gasteiger partial charge in [0.15, 0.2) is 52.4 Å². The molecule has 0 atom stereocenters. The van der Waals surface area contributed by atoms with Crippen molar-refractivity contribution in [2.24, 2.45) is 0 Å². The summed E-state index contributed by atoms with van der Waals surface area (Å²) in [5.74, 6) is 5.81. The monoisotopic (exact) mass is 1910 g/mol. The molecule has 700 valence electrons. The van der Waals surface area contributed by atoms with Crippen LogP contribution in [0.2, 0.25) is 0 Å². The number of hydrogen-bond donors (Lipinski definition) is 0. The average Bonchev–Trinajstić information content (AvgIpc) is 0.751. The maximum Gasteiger partial charge on any atom is 0.164 e. The van der Waals surface area contributed by atoms with Gasteiger partial charge in [-0.05, 0) is 260 Å². The van der Waals surface area contributed by atoms with Crippen LogP contribution in [-0.4, -0.2) is 44.9 Å². The molecule has 28 aromatic rings. The average molecular weight is 1910 g/mol. The lowest BCUT2D eigenvalue weighted by Gasteiger charge is -2.15. The molecule has 9 nitrogen and oxygen atoms in total. The third-order valence-corrected chi connectivity index (χ3v) is 28.4. The molecule has 3 aromatic heterocycles. The molecule has 0 amide bonds. The summed E-state index contributed by atoms with van der Waals surface area (Å²) in [6, 6.07) is 194. The molecule has 0 aliphatic carbocycles. The van der Waals surface area contributed by atoms with Gasteiger partial charge in [-0.3, -0.25) is 0 Å². The van der Waals surface area contributed by atoms with Crippen LogP contribution in [0, 0.1) is 0 Å². The van der Waals surface area contributed by atoms with Crippen LogP contribution in [0.15, 0.2) is 552 Å². The Hall–Kier alpha value is -20.1. The van der Waals surface area contributed by atoms with Gasteiger partial charge in [0, 0.05) is 55.6 Å². The number of nitrogens with zero attached hydrogens (tertiary/aromatic N) is 9. The van der Waals surface area contributed by atoms with Crippen molar-refractivity contribution in [2.75, 3.05) is 0 Å². The summed E-state index contributed by atoms with van der Waals surface area (Å²) in [7, 11) is 0. The lowest BCUT2D eigenvalue weighted by molar-refractivity contribution is 1.08. The Bertz CT molecular complexity index is 9530. The van der Waals surface area contributed by atoms with Crippen LogP contribution >= 0.6 is 0 Å². The van der Waals surface area contributed by atoms with Crippen LogP contribution < -0.4 is 0 Å². The summed E-state index contributed by atoms with van der Waals surface area (Å²) >= 11 is 0. The van der Waals surface area contributed by atoms with Gasteiger partial charge in [0.1, 0.15) is 0 Å². The second-order valence-electron chi connectivity index (χ2n) is 38.0. The standard InChI is InChI=1S/C51H33N3.2C45H29N3/c1-4-10-34(11-5-1)37-16-19-43-31-46(25-22-40(43)28-37)49-52-50(47-26-23-41-29-38(17-20-44(41)32-47)35-12-6-2-7-13-35)54-51(53-49)48-27-24-42-30-39(18-21-45(42)33-48)36-14-8-3-9-15-36;1-3-11-30(12-4-1)35-20-21-37-29-39(24-22-36(37)27-35)44-46-43(38-23-19-31-13-7-8-17-34(31)28-38)47-45(48-44)41-26-25-32-14-9-10-18-40(32)42(41)33-15-5-2-6-16-33;1-3-9-30(10-4-1)34-16-18-38-28-41(23-20-36(38)25-34)44-46-43(40-22-15-32-13-7-8-14-33(32)27-40)47-45(48-44)42-24-21-37-26-35(17-19-39(37)29-42)31-11-5-2-6-12-31/h1-33H;2*1-29H. The molecule has 0 saturated heterocycles. The van der Waals surface area contributed by atoms with Crippen LogP contribution in [0.3, 0.4) is 0 Å². The predicted molar refractivity (Wildman–Crippen MR) is 624 cm³/mol. The normalized spacial score (nSPS) is 11.3. The number of aromatic nitrogens is 9. The van der Waals surface area contributed by atoms with Crippen LogP contribution in [0.4, 0.5) is 0 Å². The van der Waals surface area contributed by atoms with Crippen molar-refractivity contribution in [1.82, 2.24) is 44.9 Å². The van der Waals surface area contributed by atoms with E-state index < -0.39 is 0 Å². The molecule has 0 spiro atoms. The minimum absolute atomic E-state index is 0.642. The Kier molecular flexibility index (Phi) is 23.9. The topological polar surface area (TPSA) is 116 Å². The van der Waals surface area contributed by atoms with Crippen LogP contribution in [0.1, 0.15) is 0 Å². The molecule has 25 aromatic carbocycles. The molecule has 0 aliphatic heterocycles. The Balaban J connectivity index is 0.000000114. The largest absolute Gasteiger partial charge is 0.208 e. The summed E-state index contributed by atoms with van der Waals surface area (Å²) in [6.45, 7) is 0. The van der Waals surface area contributed by atoms with E-state index in [-0.39, 0.29) is 0 Å². The van der Waals surface area contributed by atoms with Crippen molar-refractivity contribution in [1.29, 1.82) is 0 Å². The van der Waals surface area contributed by atoms with Crippen molar-refractivity contribution in [3.8, 4) is 180 Å². The number of fused-ring (bicyclic) bond motifs is 9. The fourth-order valence-electron chi connectivity index (χ4n) is 20.5. The molecule has 28 rings (SSSR count). The second-order valence-corrected chi connectivity index (χ2v) is 38.0. The smallest absolute Gasteiger partial charge is 0.164 e. The highest BCUT2D eigenvalue weighted by atomic mass is 15.1.